The fraction of sp³-hybridized carbons (Fsp3) is 0.350. The van der Waals surface area contributed by atoms with Crippen LogP contribution < -0.4 is 10.4 Å². The number of hydrogen-bond donors (Lipinski definition) is 1. The number of esters is 1. The van der Waals surface area contributed by atoms with Gasteiger partial charge in [-0.2, -0.15) is 0 Å². The summed E-state index contributed by atoms with van der Waals surface area (Å²) in [5.41, 5.74) is 0.165. The van der Waals surface area contributed by atoms with Gasteiger partial charge in [0.25, 0.3) is 5.95 Å². The SMILES string of the molecule is O=C(Oc1cc(O)c(SCc2ccccc2)c(=O)o1)C(=O)C1CCCCC1. The molecule has 2 aromatic rings. The first-order valence-electron chi connectivity index (χ1n) is 8.84. The second-order valence-corrected chi connectivity index (χ2v) is 7.42. The van der Waals surface area contributed by atoms with Crippen molar-refractivity contribution in [2.75, 3.05) is 0 Å². The Morgan fingerprint density at radius 1 is 1.15 bits per heavy atom. The summed E-state index contributed by atoms with van der Waals surface area (Å²) >= 11 is 1.12. The van der Waals surface area contributed by atoms with Crippen molar-refractivity contribution >= 4 is 23.5 Å². The summed E-state index contributed by atoms with van der Waals surface area (Å²) in [6.07, 6.45) is 4.21. The lowest BCUT2D eigenvalue weighted by atomic mass is 9.86. The third kappa shape index (κ3) is 5.01. The summed E-state index contributed by atoms with van der Waals surface area (Å²) in [5.74, 6) is -2.37. The van der Waals surface area contributed by atoms with E-state index in [9.17, 15) is 19.5 Å². The van der Waals surface area contributed by atoms with Crippen molar-refractivity contribution in [1.82, 2.24) is 0 Å². The number of carbonyl (C=O) groups is 2. The number of ether oxygens (including phenoxy) is 1. The molecule has 1 aromatic heterocycles. The number of aromatic hydroxyl groups is 1. The summed E-state index contributed by atoms with van der Waals surface area (Å²) in [6, 6.07) is 10.5. The summed E-state index contributed by atoms with van der Waals surface area (Å²) in [5, 5.41) is 10.1. The average Bonchev–Trinajstić information content (AvgIpc) is 2.68. The van der Waals surface area contributed by atoms with Crippen molar-refractivity contribution in [3.8, 4) is 11.7 Å². The summed E-state index contributed by atoms with van der Waals surface area (Å²) in [7, 11) is 0. The van der Waals surface area contributed by atoms with E-state index in [0.717, 1.165) is 42.7 Å². The molecule has 7 heteroatoms. The Hall–Kier alpha value is -2.54. The van der Waals surface area contributed by atoms with Crippen LogP contribution in [0.3, 0.4) is 0 Å². The van der Waals surface area contributed by atoms with Gasteiger partial charge in [-0.15, -0.1) is 11.8 Å². The third-order valence-corrected chi connectivity index (χ3v) is 5.60. The maximum atomic E-state index is 12.1. The second kappa shape index (κ2) is 8.90. The molecule has 1 N–H and O–H groups in total. The number of benzene rings is 1. The van der Waals surface area contributed by atoms with E-state index < -0.39 is 23.3 Å². The fourth-order valence-corrected chi connectivity index (χ4v) is 3.90. The third-order valence-electron chi connectivity index (χ3n) is 4.46. The predicted octanol–water partition coefficient (Wildman–Crippen LogP) is 3.69. The Balaban J connectivity index is 1.66. The van der Waals surface area contributed by atoms with Crippen LogP contribution in [-0.2, 0) is 15.3 Å². The van der Waals surface area contributed by atoms with Crippen molar-refractivity contribution in [2.24, 2.45) is 5.92 Å². The number of Topliss-reactive ketones (excluding diaryl/α,β-unsaturated/α-hetero) is 1. The van der Waals surface area contributed by atoms with Crippen molar-refractivity contribution in [2.45, 2.75) is 42.8 Å². The van der Waals surface area contributed by atoms with Crippen LogP contribution in [0.25, 0.3) is 0 Å². The smallest absolute Gasteiger partial charge is 0.382 e. The minimum Gasteiger partial charge on any atom is -0.506 e. The Bertz CT molecular complexity index is 868. The summed E-state index contributed by atoms with van der Waals surface area (Å²) in [4.78, 5) is 36.3. The van der Waals surface area contributed by atoms with Crippen molar-refractivity contribution in [1.29, 1.82) is 0 Å². The van der Waals surface area contributed by atoms with Crippen LogP contribution in [0.5, 0.6) is 11.7 Å². The van der Waals surface area contributed by atoms with Crippen LogP contribution in [0.2, 0.25) is 0 Å². The number of hydrogen-bond acceptors (Lipinski definition) is 7. The zero-order chi connectivity index (χ0) is 19.2. The lowest BCUT2D eigenvalue weighted by Crippen LogP contribution is -2.29. The molecule has 27 heavy (non-hydrogen) atoms. The van der Waals surface area contributed by atoms with Gasteiger partial charge in [0.15, 0.2) is 0 Å². The van der Waals surface area contributed by atoms with Crippen molar-refractivity contribution in [3.63, 3.8) is 0 Å². The van der Waals surface area contributed by atoms with Crippen LogP contribution in [0.1, 0.15) is 37.7 Å². The highest BCUT2D eigenvalue weighted by molar-refractivity contribution is 7.98. The number of thioether (sulfide) groups is 1. The van der Waals surface area contributed by atoms with E-state index in [4.69, 9.17) is 9.15 Å². The largest absolute Gasteiger partial charge is 0.506 e. The first-order chi connectivity index (χ1) is 13.0. The molecule has 1 aromatic carbocycles. The van der Waals surface area contributed by atoms with Gasteiger partial charge >= 0.3 is 11.6 Å². The maximum absolute atomic E-state index is 12.1. The Morgan fingerprint density at radius 2 is 1.85 bits per heavy atom. The molecule has 0 bridgehead atoms. The van der Waals surface area contributed by atoms with Crippen LogP contribution in [0.4, 0.5) is 0 Å². The fourth-order valence-electron chi connectivity index (χ4n) is 3.03. The Morgan fingerprint density at radius 3 is 2.52 bits per heavy atom. The Labute approximate surface area is 160 Å². The summed E-state index contributed by atoms with van der Waals surface area (Å²) in [6.45, 7) is 0. The Kier molecular flexibility index (Phi) is 6.34. The molecule has 0 radical (unpaired) electrons. The molecule has 0 atom stereocenters. The number of ketones is 1. The zero-order valence-electron chi connectivity index (χ0n) is 14.7. The number of carbonyl (C=O) groups excluding carboxylic acids is 2. The molecule has 0 amide bonds. The van der Waals surface area contributed by atoms with Gasteiger partial charge in [-0.25, -0.2) is 9.59 Å². The second-order valence-electron chi connectivity index (χ2n) is 6.43. The highest BCUT2D eigenvalue weighted by Crippen LogP contribution is 2.31. The van der Waals surface area contributed by atoms with Gasteiger partial charge < -0.3 is 14.3 Å². The molecule has 1 aliphatic carbocycles. The van der Waals surface area contributed by atoms with Gasteiger partial charge in [-0.1, -0.05) is 49.6 Å². The highest BCUT2D eigenvalue weighted by atomic mass is 32.2. The zero-order valence-corrected chi connectivity index (χ0v) is 15.5. The van der Waals surface area contributed by atoms with Gasteiger partial charge in [0, 0.05) is 11.7 Å². The molecule has 0 aliphatic heterocycles. The van der Waals surface area contributed by atoms with E-state index in [0.29, 0.717) is 18.6 Å². The molecule has 1 aliphatic rings. The molecular formula is C20H20O6S. The molecule has 0 unspecified atom stereocenters. The van der Waals surface area contributed by atoms with Gasteiger partial charge in [0.1, 0.15) is 10.6 Å². The lowest BCUT2D eigenvalue weighted by Gasteiger charge is -2.18. The van der Waals surface area contributed by atoms with Crippen LogP contribution >= 0.6 is 11.8 Å². The van der Waals surface area contributed by atoms with Crippen LogP contribution in [0, 0.1) is 5.92 Å². The van der Waals surface area contributed by atoms with Crippen LogP contribution in [-0.4, -0.2) is 16.9 Å². The predicted molar refractivity (Wildman–Crippen MR) is 99.9 cm³/mol. The topological polar surface area (TPSA) is 93.8 Å². The molecule has 0 spiro atoms. The molecule has 142 valence electrons. The lowest BCUT2D eigenvalue weighted by molar-refractivity contribution is -0.150. The minimum atomic E-state index is -1.06. The molecule has 3 rings (SSSR count). The highest BCUT2D eigenvalue weighted by Gasteiger charge is 2.29. The molecule has 1 fully saturated rings. The first kappa shape index (κ1) is 19.2. The number of rotatable bonds is 6. The molecule has 0 saturated heterocycles. The maximum Gasteiger partial charge on any atom is 0.382 e. The average molecular weight is 388 g/mol. The monoisotopic (exact) mass is 388 g/mol. The molecule has 1 saturated carbocycles. The normalized spacial score (nSPS) is 14.7. The van der Waals surface area contributed by atoms with E-state index in [2.05, 4.69) is 0 Å². The van der Waals surface area contributed by atoms with Crippen LogP contribution in [0.15, 0.2) is 50.5 Å². The standard InChI is InChI=1S/C20H20O6S/c21-15-11-16(25-19(23)17(22)14-9-5-2-6-10-14)26-20(24)18(15)27-12-13-7-3-1-4-8-13/h1,3-4,7-8,11,14,21H,2,5-6,9-10,12H2. The van der Waals surface area contributed by atoms with E-state index in [-0.39, 0.29) is 16.6 Å². The van der Waals surface area contributed by atoms with E-state index in [1.165, 1.54) is 0 Å². The first-order valence-corrected chi connectivity index (χ1v) is 9.83. The summed E-state index contributed by atoms with van der Waals surface area (Å²) < 4.78 is 9.84. The van der Waals surface area contributed by atoms with Gasteiger partial charge in [-0.3, -0.25) is 4.79 Å². The van der Waals surface area contributed by atoms with Gasteiger partial charge in [-0.05, 0) is 18.4 Å². The van der Waals surface area contributed by atoms with E-state index in [1.54, 1.807) is 0 Å². The molecule has 6 nitrogen and oxygen atoms in total. The van der Waals surface area contributed by atoms with Gasteiger partial charge in [0.2, 0.25) is 5.78 Å². The molecular weight excluding hydrogens is 368 g/mol. The van der Waals surface area contributed by atoms with Gasteiger partial charge in [0.05, 0.1) is 6.07 Å². The van der Waals surface area contributed by atoms with Crippen molar-refractivity contribution in [3.05, 3.63) is 52.4 Å². The molecule has 1 heterocycles. The minimum absolute atomic E-state index is 0.0252. The van der Waals surface area contributed by atoms with Crippen molar-refractivity contribution < 1.29 is 23.8 Å². The van der Waals surface area contributed by atoms with E-state index >= 15 is 0 Å². The quantitative estimate of drug-likeness (QED) is 0.458. The van der Waals surface area contributed by atoms with E-state index in [1.807, 2.05) is 30.3 Å².